The Kier molecular flexibility index (Phi) is 5.35. The third-order valence-electron chi connectivity index (χ3n) is 9.47. The molecule has 0 bridgehead atoms. The van der Waals surface area contributed by atoms with Crippen LogP contribution >= 0.6 is 0 Å². The molecule has 0 N–H and O–H groups in total. The summed E-state index contributed by atoms with van der Waals surface area (Å²) >= 11 is 0. The first-order valence-electron chi connectivity index (χ1n) is 15.1. The van der Waals surface area contributed by atoms with Gasteiger partial charge in [0.1, 0.15) is 8.07 Å². The van der Waals surface area contributed by atoms with Crippen molar-refractivity contribution >= 4 is 67.9 Å². The molecule has 9 rings (SSSR count). The zero-order valence-electron chi connectivity index (χ0n) is 23.7. The molecule has 7 aromatic carbocycles. The number of rotatable bonds is 4. The van der Waals surface area contributed by atoms with Crippen molar-refractivity contribution in [3.63, 3.8) is 0 Å². The van der Waals surface area contributed by atoms with E-state index in [2.05, 4.69) is 168 Å². The van der Waals surface area contributed by atoms with Crippen LogP contribution in [0.15, 0.2) is 157 Å². The van der Waals surface area contributed by atoms with Crippen LogP contribution in [0.5, 0.6) is 0 Å². The molecular formula is C41H29NSi. The first-order valence-corrected chi connectivity index (χ1v) is 17.4. The van der Waals surface area contributed by atoms with Gasteiger partial charge >= 0.3 is 0 Å². The molecule has 0 fully saturated rings. The Morgan fingerprint density at radius 1 is 0.512 bits per heavy atom. The fourth-order valence-electron chi connectivity index (χ4n) is 7.68. The summed E-state index contributed by atoms with van der Waals surface area (Å²) in [6, 6.07) is 57.1. The van der Waals surface area contributed by atoms with Crippen molar-refractivity contribution in [2.75, 3.05) is 0 Å². The minimum absolute atomic E-state index is 1.02. The fourth-order valence-corrected chi connectivity index (χ4v) is 12.3. The average Bonchev–Trinajstić information content (AvgIpc) is 3.63. The van der Waals surface area contributed by atoms with Gasteiger partial charge in [0.25, 0.3) is 0 Å². The van der Waals surface area contributed by atoms with Gasteiger partial charge in [-0.25, -0.2) is 0 Å². The largest absolute Gasteiger partial charge is 0.309 e. The van der Waals surface area contributed by atoms with Crippen LogP contribution in [0.1, 0.15) is 11.1 Å². The second-order valence-corrected chi connectivity index (χ2v) is 15.4. The van der Waals surface area contributed by atoms with E-state index in [0.717, 1.165) is 6.04 Å². The lowest BCUT2D eigenvalue weighted by Crippen LogP contribution is -2.58. The van der Waals surface area contributed by atoms with Crippen molar-refractivity contribution in [3.05, 3.63) is 168 Å². The fraction of sp³-hybridized carbons (Fsp3) is 0.0244. The van der Waals surface area contributed by atoms with Gasteiger partial charge in [-0.05, 0) is 55.8 Å². The lowest BCUT2D eigenvalue weighted by atomic mass is 9.99. The molecule has 0 saturated carbocycles. The number of hydrogen-bond acceptors (Lipinski definition) is 0. The molecular weight excluding hydrogens is 535 g/mol. The van der Waals surface area contributed by atoms with E-state index in [1.807, 2.05) is 0 Å². The Morgan fingerprint density at radius 3 is 1.95 bits per heavy atom. The second kappa shape index (κ2) is 9.42. The van der Waals surface area contributed by atoms with E-state index >= 15 is 0 Å². The Balaban J connectivity index is 1.53. The van der Waals surface area contributed by atoms with Crippen LogP contribution in [-0.4, -0.2) is 12.6 Å². The summed E-state index contributed by atoms with van der Waals surface area (Å²) in [6.07, 6.45) is 2.46. The van der Waals surface area contributed by atoms with E-state index in [1.165, 1.54) is 70.5 Å². The molecule has 1 aliphatic heterocycles. The maximum Gasteiger partial charge on any atom is 0.149 e. The highest BCUT2D eigenvalue weighted by atomic mass is 28.3. The van der Waals surface area contributed by atoms with Gasteiger partial charge < -0.3 is 4.57 Å². The van der Waals surface area contributed by atoms with Gasteiger partial charge in [-0.1, -0.05) is 151 Å². The number of hydrogen-bond donors (Lipinski definition) is 0. The smallest absolute Gasteiger partial charge is 0.149 e. The van der Waals surface area contributed by atoms with Crippen molar-refractivity contribution < 1.29 is 0 Å². The zero-order chi connectivity index (χ0) is 28.4. The first kappa shape index (κ1) is 24.4. The molecule has 0 radical (unpaired) electrons. The van der Waals surface area contributed by atoms with Crippen molar-refractivity contribution in [1.29, 1.82) is 0 Å². The molecule has 0 spiro atoms. The lowest BCUT2D eigenvalue weighted by Gasteiger charge is -2.30. The monoisotopic (exact) mass is 563 g/mol. The minimum atomic E-state index is -2.45. The van der Waals surface area contributed by atoms with E-state index in [4.69, 9.17) is 0 Å². The molecule has 43 heavy (non-hydrogen) atoms. The van der Waals surface area contributed by atoms with Gasteiger partial charge in [0.05, 0.1) is 16.7 Å². The van der Waals surface area contributed by atoms with Crippen LogP contribution in [0.4, 0.5) is 0 Å². The highest BCUT2D eigenvalue weighted by Gasteiger charge is 2.43. The second-order valence-electron chi connectivity index (χ2n) is 11.7. The lowest BCUT2D eigenvalue weighted by molar-refractivity contribution is 1.20. The van der Waals surface area contributed by atoms with Gasteiger partial charge in [-0.2, -0.15) is 0 Å². The first-order chi connectivity index (χ1) is 21.3. The van der Waals surface area contributed by atoms with Gasteiger partial charge in [-0.3, -0.25) is 0 Å². The predicted molar refractivity (Wildman–Crippen MR) is 186 cm³/mol. The summed E-state index contributed by atoms with van der Waals surface area (Å²) in [5.74, 6) is 0. The summed E-state index contributed by atoms with van der Waals surface area (Å²) in [4.78, 5) is 0. The Hall–Kier alpha value is -5.18. The van der Waals surface area contributed by atoms with Crippen molar-refractivity contribution in [2.45, 2.75) is 6.04 Å². The van der Waals surface area contributed by atoms with Crippen LogP contribution in [0.25, 0.3) is 55.1 Å². The Morgan fingerprint density at radius 2 is 1.14 bits per heavy atom. The summed E-state index contributed by atoms with van der Waals surface area (Å²) < 4.78 is 2.60. The molecule has 1 aromatic heterocycles. The molecule has 2 heteroatoms. The number of nitrogens with zero attached hydrogens (tertiary/aromatic N) is 1. The van der Waals surface area contributed by atoms with E-state index in [1.54, 1.807) is 0 Å². The molecule has 1 unspecified atom stereocenters. The Labute approximate surface area is 252 Å². The maximum absolute atomic E-state index is 2.62. The van der Waals surface area contributed by atoms with Crippen LogP contribution in [0, 0.1) is 0 Å². The molecule has 1 nitrogen and oxygen atoms in total. The SMILES string of the molecule is C1=C[Si](Cc2ccccc2)(c2ccccc2)c2c1c1ccccc1c1c3ccccc3n(-c3cccc4ccccc34)c21. The van der Waals surface area contributed by atoms with Crippen molar-refractivity contribution in [2.24, 2.45) is 0 Å². The number of benzene rings is 7. The molecule has 0 aliphatic carbocycles. The molecule has 1 atom stereocenters. The van der Waals surface area contributed by atoms with Crippen LogP contribution in [-0.2, 0) is 6.04 Å². The van der Waals surface area contributed by atoms with Gasteiger partial charge in [0.15, 0.2) is 0 Å². The standard InChI is InChI=1S/C41H29NSi/c1-3-14-29(15-4-1)28-43(31-18-5-2-6-19-31)27-26-35-33-21-9-10-22-34(33)39-36-23-11-12-24-38(36)42(40(39)41(35)43)37-25-13-17-30-16-7-8-20-32(30)37/h1-27H,28H2. The van der Waals surface area contributed by atoms with Gasteiger partial charge in [0, 0.05) is 16.2 Å². The van der Waals surface area contributed by atoms with Crippen molar-refractivity contribution in [3.8, 4) is 5.69 Å². The topological polar surface area (TPSA) is 4.93 Å². The van der Waals surface area contributed by atoms with Crippen LogP contribution in [0.3, 0.4) is 0 Å². The van der Waals surface area contributed by atoms with E-state index in [9.17, 15) is 0 Å². The Bertz CT molecular complexity index is 2360. The summed E-state index contributed by atoms with van der Waals surface area (Å²) in [6.45, 7) is 0. The van der Waals surface area contributed by atoms with Gasteiger partial charge in [0.2, 0.25) is 0 Å². The van der Waals surface area contributed by atoms with Gasteiger partial charge in [-0.15, -0.1) is 0 Å². The highest BCUT2D eigenvalue weighted by Crippen LogP contribution is 2.42. The third kappa shape index (κ3) is 3.51. The number of fused-ring (bicyclic) bond motifs is 9. The zero-order valence-corrected chi connectivity index (χ0v) is 24.7. The average molecular weight is 564 g/mol. The maximum atomic E-state index is 2.62. The van der Waals surface area contributed by atoms with Crippen LogP contribution in [0.2, 0.25) is 0 Å². The number of para-hydroxylation sites is 1. The van der Waals surface area contributed by atoms with Crippen LogP contribution < -0.4 is 10.4 Å². The number of aromatic nitrogens is 1. The predicted octanol–water partition coefficient (Wildman–Crippen LogP) is 9.00. The molecule has 8 aromatic rings. The molecule has 1 aliphatic rings. The summed E-state index contributed by atoms with van der Waals surface area (Å²) in [5.41, 5.74) is 9.27. The molecule has 2 heterocycles. The van der Waals surface area contributed by atoms with E-state index in [0.29, 0.717) is 0 Å². The highest BCUT2D eigenvalue weighted by molar-refractivity contribution is 7.08. The van der Waals surface area contributed by atoms with Crippen molar-refractivity contribution in [1.82, 2.24) is 4.57 Å². The molecule has 202 valence electrons. The third-order valence-corrected chi connectivity index (χ3v) is 13.9. The summed E-state index contributed by atoms with van der Waals surface area (Å²) in [7, 11) is -2.45. The molecule has 0 saturated heterocycles. The normalized spacial score (nSPS) is 16.0. The van der Waals surface area contributed by atoms with E-state index < -0.39 is 8.07 Å². The quantitative estimate of drug-likeness (QED) is 0.188. The minimum Gasteiger partial charge on any atom is -0.309 e. The van der Waals surface area contributed by atoms with E-state index in [-0.39, 0.29) is 0 Å². The molecule has 0 amide bonds. The summed E-state index contributed by atoms with van der Waals surface area (Å²) in [5, 5.41) is 10.9.